The van der Waals surface area contributed by atoms with Gasteiger partial charge in [0, 0.05) is 11.2 Å². The zero-order chi connectivity index (χ0) is 17.7. The van der Waals surface area contributed by atoms with Crippen molar-refractivity contribution in [3.8, 4) is 0 Å². The maximum absolute atomic E-state index is 12.5. The van der Waals surface area contributed by atoms with Gasteiger partial charge in [-0.2, -0.15) is 0 Å². The Morgan fingerprint density at radius 2 is 1.75 bits per heavy atom. The Hall–Kier alpha value is -1.79. The Balaban J connectivity index is 2.14. The summed E-state index contributed by atoms with van der Waals surface area (Å²) in [7, 11) is -3.21. The molecule has 0 aromatic heterocycles. The predicted octanol–water partition coefficient (Wildman–Crippen LogP) is 3.69. The topological polar surface area (TPSA) is 63.2 Å². The van der Waals surface area contributed by atoms with Crippen LogP contribution in [0.3, 0.4) is 0 Å². The van der Waals surface area contributed by atoms with Crippen LogP contribution in [-0.2, 0) is 9.84 Å². The van der Waals surface area contributed by atoms with Crippen LogP contribution in [0.4, 0.5) is 0 Å². The standard InChI is InChI=1S/C18H21NO3S2/c1-4-23-17-8-6-5-7-16(17)18(20)19-13(2)14-9-11-15(12-10-14)24(3,21)22/h5-13H,4H2,1-3H3,(H,19,20). The van der Waals surface area contributed by atoms with Gasteiger partial charge in [-0.25, -0.2) is 8.42 Å². The predicted molar refractivity (Wildman–Crippen MR) is 98.3 cm³/mol. The summed E-state index contributed by atoms with van der Waals surface area (Å²) in [5, 5.41) is 2.97. The minimum Gasteiger partial charge on any atom is -0.345 e. The zero-order valence-electron chi connectivity index (χ0n) is 13.9. The summed E-state index contributed by atoms with van der Waals surface area (Å²) in [5.41, 5.74) is 1.51. The van der Waals surface area contributed by atoms with Crippen LogP contribution in [0.25, 0.3) is 0 Å². The van der Waals surface area contributed by atoms with E-state index in [1.165, 1.54) is 6.26 Å². The Bertz CT molecular complexity index is 814. The average Bonchev–Trinajstić information content (AvgIpc) is 2.55. The van der Waals surface area contributed by atoms with E-state index in [2.05, 4.69) is 5.32 Å². The van der Waals surface area contributed by atoms with Crippen LogP contribution in [-0.4, -0.2) is 26.3 Å². The number of carbonyl (C=O) groups is 1. The molecule has 1 N–H and O–H groups in total. The molecule has 6 heteroatoms. The van der Waals surface area contributed by atoms with Gasteiger partial charge in [-0.15, -0.1) is 11.8 Å². The first kappa shape index (κ1) is 18.5. The molecule has 2 rings (SSSR count). The summed E-state index contributed by atoms with van der Waals surface area (Å²) in [5.74, 6) is 0.763. The van der Waals surface area contributed by atoms with E-state index < -0.39 is 9.84 Å². The number of benzene rings is 2. The quantitative estimate of drug-likeness (QED) is 0.795. The number of thioether (sulfide) groups is 1. The molecule has 24 heavy (non-hydrogen) atoms. The van der Waals surface area contributed by atoms with Crippen molar-refractivity contribution in [3.63, 3.8) is 0 Å². The lowest BCUT2D eigenvalue weighted by molar-refractivity contribution is 0.0937. The van der Waals surface area contributed by atoms with Gasteiger partial charge in [-0.3, -0.25) is 4.79 Å². The van der Waals surface area contributed by atoms with Gasteiger partial charge < -0.3 is 5.32 Å². The second-order valence-corrected chi connectivity index (χ2v) is 8.79. The SMILES string of the molecule is CCSc1ccccc1C(=O)NC(C)c1ccc(S(C)(=O)=O)cc1. The minimum atomic E-state index is -3.21. The van der Waals surface area contributed by atoms with Crippen LogP contribution in [0.15, 0.2) is 58.3 Å². The van der Waals surface area contributed by atoms with E-state index in [1.54, 1.807) is 36.0 Å². The lowest BCUT2D eigenvalue weighted by atomic mass is 10.1. The fourth-order valence-corrected chi connectivity index (χ4v) is 3.73. The van der Waals surface area contributed by atoms with E-state index in [9.17, 15) is 13.2 Å². The van der Waals surface area contributed by atoms with Crippen molar-refractivity contribution >= 4 is 27.5 Å². The molecule has 0 radical (unpaired) electrons. The maximum atomic E-state index is 12.5. The van der Waals surface area contributed by atoms with Crippen LogP contribution < -0.4 is 5.32 Å². The van der Waals surface area contributed by atoms with Gasteiger partial charge in [-0.1, -0.05) is 31.2 Å². The molecule has 2 aromatic rings. The molecule has 0 aliphatic rings. The first-order valence-electron chi connectivity index (χ1n) is 7.65. The number of carbonyl (C=O) groups excluding carboxylic acids is 1. The third-order valence-electron chi connectivity index (χ3n) is 3.59. The molecule has 0 aliphatic carbocycles. The molecule has 0 saturated heterocycles. The summed E-state index contributed by atoms with van der Waals surface area (Å²) < 4.78 is 23.0. The van der Waals surface area contributed by atoms with Gasteiger partial charge in [0.1, 0.15) is 0 Å². The van der Waals surface area contributed by atoms with Crippen LogP contribution in [0.5, 0.6) is 0 Å². The van der Waals surface area contributed by atoms with Crippen LogP contribution in [0.1, 0.15) is 35.8 Å². The fraction of sp³-hybridized carbons (Fsp3) is 0.278. The molecular weight excluding hydrogens is 342 g/mol. The van der Waals surface area contributed by atoms with Gasteiger partial charge >= 0.3 is 0 Å². The second kappa shape index (κ2) is 7.85. The van der Waals surface area contributed by atoms with E-state index in [4.69, 9.17) is 0 Å². The Morgan fingerprint density at radius 1 is 1.12 bits per heavy atom. The molecule has 0 spiro atoms. The fourth-order valence-electron chi connectivity index (χ4n) is 2.30. The highest BCUT2D eigenvalue weighted by molar-refractivity contribution is 7.99. The van der Waals surface area contributed by atoms with Crippen molar-refractivity contribution in [3.05, 3.63) is 59.7 Å². The van der Waals surface area contributed by atoms with Gasteiger partial charge in [0.25, 0.3) is 5.91 Å². The molecule has 1 unspecified atom stereocenters. The van der Waals surface area contributed by atoms with E-state index in [1.807, 2.05) is 38.1 Å². The minimum absolute atomic E-state index is 0.133. The molecule has 0 heterocycles. The van der Waals surface area contributed by atoms with E-state index >= 15 is 0 Å². The van der Waals surface area contributed by atoms with Crippen molar-refractivity contribution in [1.29, 1.82) is 0 Å². The van der Waals surface area contributed by atoms with Crippen molar-refractivity contribution in [1.82, 2.24) is 5.32 Å². The molecule has 1 amide bonds. The summed E-state index contributed by atoms with van der Waals surface area (Å²) in [6, 6.07) is 13.9. The van der Waals surface area contributed by atoms with E-state index in [0.717, 1.165) is 16.2 Å². The Labute approximate surface area is 147 Å². The van der Waals surface area contributed by atoms with Crippen LogP contribution >= 0.6 is 11.8 Å². The summed E-state index contributed by atoms with van der Waals surface area (Å²) in [4.78, 5) is 13.8. The number of hydrogen-bond donors (Lipinski definition) is 1. The van der Waals surface area contributed by atoms with Gasteiger partial charge in [0.15, 0.2) is 9.84 Å². The molecular formula is C18H21NO3S2. The molecule has 0 saturated carbocycles. The van der Waals surface area contributed by atoms with Gasteiger partial charge in [0.2, 0.25) is 0 Å². The van der Waals surface area contributed by atoms with Crippen molar-refractivity contribution in [2.75, 3.05) is 12.0 Å². The third-order valence-corrected chi connectivity index (χ3v) is 5.67. The highest BCUT2D eigenvalue weighted by Gasteiger charge is 2.15. The smallest absolute Gasteiger partial charge is 0.252 e. The molecule has 0 aliphatic heterocycles. The molecule has 0 bridgehead atoms. The largest absolute Gasteiger partial charge is 0.345 e. The van der Waals surface area contributed by atoms with Crippen molar-refractivity contribution < 1.29 is 13.2 Å². The summed E-state index contributed by atoms with van der Waals surface area (Å²) >= 11 is 1.63. The summed E-state index contributed by atoms with van der Waals surface area (Å²) in [6.07, 6.45) is 1.18. The number of sulfone groups is 1. The highest BCUT2D eigenvalue weighted by Crippen LogP contribution is 2.23. The zero-order valence-corrected chi connectivity index (χ0v) is 15.6. The van der Waals surface area contributed by atoms with Crippen molar-refractivity contribution in [2.45, 2.75) is 29.7 Å². The number of amides is 1. The number of rotatable bonds is 6. The van der Waals surface area contributed by atoms with Crippen molar-refractivity contribution in [2.24, 2.45) is 0 Å². The molecule has 1 atom stereocenters. The van der Waals surface area contributed by atoms with Crippen LogP contribution in [0, 0.1) is 0 Å². The molecule has 128 valence electrons. The lowest BCUT2D eigenvalue weighted by Gasteiger charge is -2.16. The van der Waals surface area contributed by atoms with E-state index in [0.29, 0.717) is 5.56 Å². The maximum Gasteiger partial charge on any atom is 0.252 e. The normalized spacial score (nSPS) is 12.6. The molecule has 4 nitrogen and oxygen atoms in total. The first-order chi connectivity index (χ1) is 11.3. The van der Waals surface area contributed by atoms with E-state index in [-0.39, 0.29) is 16.8 Å². The third kappa shape index (κ3) is 4.61. The molecule has 2 aromatic carbocycles. The lowest BCUT2D eigenvalue weighted by Crippen LogP contribution is -2.27. The highest BCUT2D eigenvalue weighted by atomic mass is 32.2. The van der Waals surface area contributed by atoms with Gasteiger partial charge in [-0.05, 0) is 42.5 Å². The Morgan fingerprint density at radius 3 is 2.33 bits per heavy atom. The van der Waals surface area contributed by atoms with Crippen LogP contribution in [0.2, 0.25) is 0 Å². The monoisotopic (exact) mass is 363 g/mol. The first-order valence-corrected chi connectivity index (χ1v) is 10.5. The second-order valence-electron chi connectivity index (χ2n) is 5.47. The molecule has 0 fully saturated rings. The Kier molecular flexibility index (Phi) is 6.07. The van der Waals surface area contributed by atoms with Gasteiger partial charge in [0.05, 0.1) is 16.5 Å². The number of hydrogen-bond acceptors (Lipinski definition) is 4. The number of nitrogens with one attached hydrogen (secondary N) is 1. The average molecular weight is 364 g/mol. The summed E-state index contributed by atoms with van der Waals surface area (Å²) in [6.45, 7) is 3.92.